The molecular formula is C14H21NO2S. The molecule has 100 valence electrons. The summed E-state index contributed by atoms with van der Waals surface area (Å²) >= 11 is 4.43. The lowest BCUT2D eigenvalue weighted by molar-refractivity contribution is 0.0322. The number of hydrogen-bond acceptors (Lipinski definition) is 4. The molecule has 1 aromatic rings. The van der Waals surface area contributed by atoms with Gasteiger partial charge in [-0.3, -0.25) is 4.90 Å². The molecule has 18 heavy (non-hydrogen) atoms. The molecule has 3 nitrogen and oxygen atoms in total. The van der Waals surface area contributed by atoms with Gasteiger partial charge in [0.2, 0.25) is 0 Å². The van der Waals surface area contributed by atoms with Crippen molar-refractivity contribution >= 4 is 12.6 Å². The van der Waals surface area contributed by atoms with E-state index in [0.717, 1.165) is 45.2 Å². The Morgan fingerprint density at radius 3 is 2.89 bits per heavy atom. The fraction of sp³-hybridized carbons (Fsp3) is 0.571. The molecule has 0 aliphatic carbocycles. The fourth-order valence-corrected chi connectivity index (χ4v) is 2.14. The monoisotopic (exact) mass is 267 g/mol. The van der Waals surface area contributed by atoms with Crippen molar-refractivity contribution in [2.75, 3.05) is 39.5 Å². The molecule has 1 fully saturated rings. The highest BCUT2D eigenvalue weighted by Gasteiger charge is 2.09. The molecule has 2 rings (SSSR count). The number of nitrogens with zero attached hydrogens (tertiary/aromatic N) is 1. The fourth-order valence-electron chi connectivity index (χ4n) is 1.98. The second kappa shape index (κ2) is 7.02. The Bertz CT molecular complexity index is 365. The number of hydrogen-bond donors (Lipinski definition) is 1. The summed E-state index contributed by atoms with van der Waals surface area (Å²) in [6.45, 7) is 7.46. The quantitative estimate of drug-likeness (QED) is 0.828. The number of morpholine rings is 1. The van der Waals surface area contributed by atoms with E-state index in [1.807, 2.05) is 12.1 Å². The molecule has 0 aromatic heterocycles. The van der Waals surface area contributed by atoms with E-state index < -0.39 is 0 Å². The van der Waals surface area contributed by atoms with Crippen molar-refractivity contribution < 1.29 is 9.47 Å². The van der Waals surface area contributed by atoms with Crippen molar-refractivity contribution in [3.63, 3.8) is 0 Å². The average molecular weight is 267 g/mol. The molecule has 0 spiro atoms. The molecule has 0 radical (unpaired) electrons. The first-order chi connectivity index (χ1) is 8.75. The van der Waals surface area contributed by atoms with Gasteiger partial charge in [-0.25, -0.2) is 0 Å². The van der Waals surface area contributed by atoms with Gasteiger partial charge in [0.1, 0.15) is 12.4 Å². The van der Waals surface area contributed by atoms with Crippen molar-refractivity contribution in [2.45, 2.75) is 12.2 Å². The normalized spacial score (nSPS) is 18.6. The molecule has 1 aliphatic rings. The van der Waals surface area contributed by atoms with E-state index in [4.69, 9.17) is 9.47 Å². The van der Waals surface area contributed by atoms with Crippen LogP contribution in [0.1, 0.15) is 17.7 Å². The Morgan fingerprint density at radius 1 is 1.39 bits per heavy atom. The third kappa shape index (κ3) is 4.19. The molecule has 1 saturated heterocycles. The molecule has 0 N–H and O–H groups in total. The first-order valence-electron chi connectivity index (χ1n) is 6.46. The van der Waals surface area contributed by atoms with Gasteiger partial charge in [0.25, 0.3) is 0 Å². The summed E-state index contributed by atoms with van der Waals surface area (Å²) in [5, 5.41) is 0.243. The Hall–Kier alpha value is -0.710. The van der Waals surface area contributed by atoms with Crippen LogP contribution in [-0.2, 0) is 4.74 Å². The summed E-state index contributed by atoms with van der Waals surface area (Å²) in [6, 6.07) is 8.16. The van der Waals surface area contributed by atoms with Gasteiger partial charge in [-0.2, -0.15) is 12.6 Å². The van der Waals surface area contributed by atoms with Gasteiger partial charge in [0.05, 0.1) is 13.2 Å². The van der Waals surface area contributed by atoms with Crippen LogP contribution in [0.25, 0.3) is 0 Å². The molecule has 0 amide bonds. The molecule has 0 bridgehead atoms. The molecule has 0 saturated carbocycles. The van der Waals surface area contributed by atoms with E-state index in [9.17, 15) is 0 Å². The van der Waals surface area contributed by atoms with Gasteiger partial charge >= 0.3 is 0 Å². The maximum absolute atomic E-state index is 5.78. The molecule has 4 heteroatoms. The average Bonchev–Trinajstić information content (AvgIpc) is 2.40. The summed E-state index contributed by atoms with van der Waals surface area (Å²) in [4.78, 5) is 2.37. The summed E-state index contributed by atoms with van der Waals surface area (Å²) in [6.07, 6.45) is 0. The zero-order valence-corrected chi connectivity index (χ0v) is 11.7. The van der Waals surface area contributed by atoms with Crippen LogP contribution >= 0.6 is 12.6 Å². The van der Waals surface area contributed by atoms with Crippen molar-refractivity contribution in [3.05, 3.63) is 29.8 Å². The first kappa shape index (κ1) is 13.7. The maximum Gasteiger partial charge on any atom is 0.119 e. The summed E-state index contributed by atoms with van der Waals surface area (Å²) in [5.41, 5.74) is 1.20. The van der Waals surface area contributed by atoms with Crippen LogP contribution in [-0.4, -0.2) is 44.4 Å². The second-order valence-electron chi connectivity index (χ2n) is 4.55. The van der Waals surface area contributed by atoms with E-state index in [1.165, 1.54) is 5.56 Å². The largest absolute Gasteiger partial charge is 0.492 e. The van der Waals surface area contributed by atoms with E-state index in [-0.39, 0.29) is 5.25 Å². The summed E-state index contributed by atoms with van der Waals surface area (Å²) < 4.78 is 11.1. The molecule has 1 unspecified atom stereocenters. The van der Waals surface area contributed by atoms with Gasteiger partial charge < -0.3 is 9.47 Å². The lowest BCUT2D eigenvalue weighted by Crippen LogP contribution is -2.38. The Balaban J connectivity index is 1.77. The third-order valence-electron chi connectivity index (χ3n) is 3.12. The molecule has 1 heterocycles. The minimum atomic E-state index is 0.243. The third-order valence-corrected chi connectivity index (χ3v) is 3.42. The van der Waals surface area contributed by atoms with Gasteiger partial charge in [0, 0.05) is 24.9 Å². The van der Waals surface area contributed by atoms with E-state index in [2.05, 4.69) is 36.6 Å². The number of rotatable bonds is 5. The van der Waals surface area contributed by atoms with Gasteiger partial charge in [-0.1, -0.05) is 12.1 Å². The number of thiol groups is 1. The predicted molar refractivity (Wildman–Crippen MR) is 76.6 cm³/mol. The van der Waals surface area contributed by atoms with E-state index in [0.29, 0.717) is 0 Å². The Morgan fingerprint density at radius 2 is 2.17 bits per heavy atom. The highest BCUT2D eigenvalue weighted by atomic mass is 32.1. The minimum absolute atomic E-state index is 0.243. The smallest absolute Gasteiger partial charge is 0.119 e. The van der Waals surface area contributed by atoms with Crippen LogP contribution in [0, 0.1) is 0 Å². The van der Waals surface area contributed by atoms with Crippen molar-refractivity contribution in [1.29, 1.82) is 0 Å². The van der Waals surface area contributed by atoms with Crippen molar-refractivity contribution in [3.8, 4) is 5.75 Å². The van der Waals surface area contributed by atoms with Gasteiger partial charge in [0.15, 0.2) is 0 Å². The molecule has 1 atom stereocenters. The van der Waals surface area contributed by atoms with E-state index >= 15 is 0 Å². The van der Waals surface area contributed by atoms with Gasteiger partial charge in [-0.05, 0) is 24.6 Å². The molecule has 1 aliphatic heterocycles. The second-order valence-corrected chi connectivity index (χ2v) is 5.33. The highest BCUT2D eigenvalue weighted by molar-refractivity contribution is 7.80. The minimum Gasteiger partial charge on any atom is -0.492 e. The standard InChI is InChI=1S/C14H21NO2S/c1-12(18)13-3-2-4-14(11-13)17-10-7-15-5-8-16-9-6-15/h2-4,11-12,18H,5-10H2,1H3. The van der Waals surface area contributed by atoms with Crippen LogP contribution in [0.3, 0.4) is 0 Å². The summed E-state index contributed by atoms with van der Waals surface area (Å²) in [5.74, 6) is 0.932. The zero-order chi connectivity index (χ0) is 12.8. The van der Waals surface area contributed by atoms with E-state index in [1.54, 1.807) is 0 Å². The van der Waals surface area contributed by atoms with Crippen LogP contribution in [0.4, 0.5) is 0 Å². The molecule has 1 aromatic carbocycles. The lowest BCUT2D eigenvalue weighted by atomic mass is 10.1. The zero-order valence-electron chi connectivity index (χ0n) is 10.8. The van der Waals surface area contributed by atoms with Gasteiger partial charge in [-0.15, -0.1) is 0 Å². The maximum atomic E-state index is 5.78. The van der Waals surface area contributed by atoms with Crippen LogP contribution < -0.4 is 4.74 Å². The first-order valence-corrected chi connectivity index (χ1v) is 6.98. The Kier molecular flexibility index (Phi) is 5.35. The molecular weight excluding hydrogens is 246 g/mol. The number of ether oxygens (including phenoxy) is 2. The van der Waals surface area contributed by atoms with Crippen molar-refractivity contribution in [1.82, 2.24) is 4.90 Å². The predicted octanol–water partition coefficient (Wildman–Crippen LogP) is 2.39. The summed E-state index contributed by atoms with van der Waals surface area (Å²) in [7, 11) is 0. The highest BCUT2D eigenvalue weighted by Crippen LogP contribution is 2.22. The van der Waals surface area contributed by atoms with Crippen molar-refractivity contribution in [2.24, 2.45) is 0 Å². The van der Waals surface area contributed by atoms with Crippen LogP contribution in [0.5, 0.6) is 5.75 Å². The van der Waals surface area contributed by atoms with Crippen LogP contribution in [0.15, 0.2) is 24.3 Å². The Labute approximate surface area is 114 Å². The number of benzene rings is 1. The lowest BCUT2D eigenvalue weighted by Gasteiger charge is -2.26. The SMILES string of the molecule is CC(S)c1cccc(OCCN2CCOCC2)c1. The topological polar surface area (TPSA) is 21.7 Å². The van der Waals surface area contributed by atoms with Crippen LogP contribution in [0.2, 0.25) is 0 Å².